The van der Waals surface area contributed by atoms with Gasteiger partial charge in [-0.3, -0.25) is 9.52 Å². The second-order valence-electron chi connectivity index (χ2n) is 6.04. The fourth-order valence-corrected chi connectivity index (χ4v) is 3.65. The molecule has 0 radical (unpaired) electrons. The van der Waals surface area contributed by atoms with Crippen molar-refractivity contribution in [1.29, 1.82) is 0 Å². The van der Waals surface area contributed by atoms with Crippen molar-refractivity contribution in [1.82, 2.24) is 0 Å². The number of pyridine rings is 1. The molecule has 0 bridgehead atoms. The molecular weight excluding hydrogens is 424 g/mol. The van der Waals surface area contributed by atoms with E-state index < -0.39 is 93.5 Å². The van der Waals surface area contributed by atoms with Gasteiger partial charge in [0, 0.05) is 40.6 Å². The number of nitrogens with one attached hydrogen (secondary N) is 1. The summed E-state index contributed by atoms with van der Waals surface area (Å²) in [6.07, 6.45) is -2.20. The highest BCUT2D eigenvalue weighted by Gasteiger charge is 2.21. The molecule has 3 rings (SSSR count). The SMILES string of the molecule is [2H]c1c(C(=O)c2cc(Cl)ccc2NS(=O)(=O)c2ccc(C(C([2H])([2H])[2H])(C([2H])([2H])[2H])C([2H])([2H])[2H])cc2)c([2H])c([2H])[n+]([O-])c1[2H]. The fourth-order valence-electron chi connectivity index (χ4n) is 2.40. The molecule has 3 aromatic rings. The Morgan fingerprint density at radius 1 is 1.13 bits per heavy atom. The van der Waals surface area contributed by atoms with Gasteiger partial charge in [0.15, 0.2) is 18.1 Å². The fraction of sp³-hybridized carbons (Fsp3) is 0.182. The van der Waals surface area contributed by atoms with E-state index in [4.69, 9.17) is 29.4 Å². The van der Waals surface area contributed by atoms with Gasteiger partial charge in [-0.15, -0.1) is 0 Å². The Bertz CT molecular complexity index is 1640. The van der Waals surface area contributed by atoms with Crippen molar-refractivity contribution in [3.05, 3.63) is 93.8 Å². The van der Waals surface area contributed by atoms with Crippen LogP contribution >= 0.6 is 11.6 Å². The predicted octanol–water partition coefficient (Wildman–Crippen LogP) is 4.30. The Morgan fingerprint density at radius 2 is 1.77 bits per heavy atom. The molecule has 8 heteroatoms. The Kier molecular flexibility index (Phi) is 2.81. The number of ketones is 1. The van der Waals surface area contributed by atoms with Gasteiger partial charge in [-0.2, -0.15) is 4.73 Å². The number of halogens is 1. The molecule has 1 N–H and O–H groups in total. The van der Waals surface area contributed by atoms with Crippen molar-refractivity contribution in [3.63, 3.8) is 0 Å². The molecule has 0 saturated heterocycles. The molecule has 30 heavy (non-hydrogen) atoms. The van der Waals surface area contributed by atoms with E-state index in [0.29, 0.717) is 0 Å². The van der Waals surface area contributed by atoms with Gasteiger partial charge < -0.3 is 5.21 Å². The first kappa shape index (κ1) is 10.4. The van der Waals surface area contributed by atoms with E-state index in [0.717, 1.165) is 36.4 Å². The molecule has 0 aliphatic heterocycles. The van der Waals surface area contributed by atoms with E-state index in [2.05, 4.69) is 4.72 Å². The average Bonchev–Trinajstić information content (AvgIpc) is 2.85. The Labute approximate surface area is 199 Å². The average molecular weight is 458 g/mol. The summed E-state index contributed by atoms with van der Waals surface area (Å²) in [4.78, 5) is 12.8. The smallest absolute Gasteiger partial charge is 0.261 e. The minimum absolute atomic E-state index is 0.0870. The zero-order chi connectivity index (χ0) is 33.1. The summed E-state index contributed by atoms with van der Waals surface area (Å²) >= 11 is 5.99. The van der Waals surface area contributed by atoms with Crippen molar-refractivity contribution in [2.45, 2.75) is 30.9 Å². The largest absolute Gasteiger partial charge is 0.619 e. The number of benzene rings is 2. The van der Waals surface area contributed by atoms with Crippen LogP contribution in [0.1, 0.15) is 59.9 Å². The molecule has 0 spiro atoms. The van der Waals surface area contributed by atoms with E-state index >= 15 is 0 Å². The van der Waals surface area contributed by atoms with Crippen LogP contribution in [0.3, 0.4) is 0 Å². The number of hydrogen-bond donors (Lipinski definition) is 1. The molecule has 2 aromatic carbocycles. The summed E-state index contributed by atoms with van der Waals surface area (Å²) in [6, 6.07) is 4.28. The van der Waals surface area contributed by atoms with Crippen LogP contribution in [0, 0.1) is 5.21 Å². The molecule has 1 aromatic heterocycles. The third kappa shape index (κ3) is 4.80. The van der Waals surface area contributed by atoms with Gasteiger partial charge in [-0.25, -0.2) is 8.42 Å². The summed E-state index contributed by atoms with van der Waals surface area (Å²) in [7, 11) is -4.67. The lowest BCUT2D eigenvalue weighted by Crippen LogP contribution is -2.24. The lowest BCUT2D eigenvalue weighted by atomic mass is 9.87. The van der Waals surface area contributed by atoms with E-state index in [9.17, 15) is 18.4 Å². The van der Waals surface area contributed by atoms with Gasteiger partial charge in [-0.1, -0.05) is 44.3 Å². The number of nitrogens with zero attached hydrogens (tertiary/aromatic N) is 1. The summed E-state index contributed by atoms with van der Waals surface area (Å²) < 4.78 is 130. The molecule has 0 aliphatic carbocycles. The molecule has 0 saturated carbocycles. The topological polar surface area (TPSA) is 90.2 Å². The normalized spacial score (nSPS) is 19.4. The minimum atomic E-state index is -4.67. The van der Waals surface area contributed by atoms with Crippen molar-refractivity contribution >= 4 is 33.1 Å². The molecule has 0 atom stereocenters. The molecular formula is C22H21ClN2O4S. The van der Waals surface area contributed by atoms with Crippen molar-refractivity contribution in [2.75, 3.05) is 4.72 Å². The molecule has 0 fully saturated rings. The van der Waals surface area contributed by atoms with Gasteiger partial charge in [0.2, 0.25) is 0 Å². The summed E-state index contributed by atoms with van der Waals surface area (Å²) in [5, 5.41) is 11.7. The summed E-state index contributed by atoms with van der Waals surface area (Å²) in [5.41, 5.74) is -5.88. The predicted molar refractivity (Wildman–Crippen MR) is 116 cm³/mol. The molecule has 0 unspecified atom stereocenters. The van der Waals surface area contributed by atoms with Crippen LogP contribution in [-0.4, -0.2) is 14.2 Å². The Balaban J connectivity index is 2.13. The molecule has 156 valence electrons. The number of sulfonamides is 1. The van der Waals surface area contributed by atoms with Gasteiger partial charge in [0.05, 0.1) is 13.3 Å². The van der Waals surface area contributed by atoms with Crippen LogP contribution in [-0.2, 0) is 15.4 Å². The van der Waals surface area contributed by atoms with Crippen LogP contribution in [0.2, 0.25) is 5.02 Å². The Morgan fingerprint density at radius 3 is 2.37 bits per heavy atom. The van der Waals surface area contributed by atoms with Crippen molar-refractivity contribution in [2.24, 2.45) is 0 Å². The molecule has 0 amide bonds. The summed E-state index contributed by atoms with van der Waals surface area (Å²) in [5.74, 6) is -1.22. The highest BCUT2D eigenvalue weighted by atomic mass is 35.5. The minimum Gasteiger partial charge on any atom is -0.619 e. The quantitative estimate of drug-likeness (QED) is 0.351. The van der Waals surface area contributed by atoms with Crippen molar-refractivity contribution in [3.8, 4) is 0 Å². The number of aromatic nitrogens is 1. The summed E-state index contributed by atoms with van der Waals surface area (Å²) in [6.45, 7) is -10.7. The van der Waals surface area contributed by atoms with Crippen LogP contribution in [0.15, 0.2) is 71.8 Å². The second-order valence-corrected chi connectivity index (χ2v) is 8.16. The maximum Gasteiger partial charge on any atom is 0.261 e. The Hall–Kier alpha value is -2.90. The second kappa shape index (κ2) is 8.08. The maximum absolute atomic E-state index is 13.4. The highest BCUT2D eigenvalue weighted by molar-refractivity contribution is 7.92. The lowest BCUT2D eigenvalue weighted by Gasteiger charge is -2.19. The first-order valence-corrected chi connectivity index (χ1v) is 9.94. The number of hydrogen-bond acceptors (Lipinski definition) is 4. The van der Waals surface area contributed by atoms with Crippen molar-refractivity contribution < 1.29 is 35.8 Å². The number of anilines is 1. The molecule has 6 nitrogen and oxygen atoms in total. The van der Waals surface area contributed by atoms with E-state index in [1.54, 1.807) is 0 Å². The number of carbonyl (C=O) groups is 1. The first-order valence-electron chi connectivity index (χ1n) is 14.6. The standard InChI is InChI=1S/C22H21ClN2O4S/c1-22(2,3)16-4-7-18(8-5-16)30(28,29)24-20-9-6-17(23)14-19(20)21(26)15-10-12-25(27)13-11-15/h4-14,24H,1-3H3/i1D3,2D3,3D3,10D,11D,12D,13D. The zero-order valence-corrected chi connectivity index (χ0v) is 16.5. The third-order valence-corrected chi connectivity index (χ3v) is 5.48. The van der Waals surface area contributed by atoms with Gasteiger partial charge in [0.25, 0.3) is 10.0 Å². The molecule has 0 aliphatic rings. The van der Waals surface area contributed by atoms with E-state index in [1.165, 1.54) is 6.07 Å². The third-order valence-electron chi connectivity index (χ3n) is 3.86. The lowest BCUT2D eigenvalue weighted by molar-refractivity contribution is -0.605. The molecule has 1 heterocycles. The van der Waals surface area contributed by atoms with E-state index in [-0.39, 0.29) is 9.75 Å². The van der Waals surface area contributed by atoms with Gasteiger partial charge >= 0.3 is 0 Å². The van der Waals surface area contributed by atoms with Crippen LogP contribution < -0.4 is 9.45 Å². The van der Waals surface area contributed by atoms with Crippen LogP contribution in [0.25, 0.3) is 0 Å². The van der Waals surface area contributed by atoms with Crippen LogP contribution in [0.4, 0.5) is 5.69 Å². The van der Waals surface area contributed by atoms with Gasteiger partial charge in [0.1, 0.15) is 2.74 Å². The monoisotopic (exact) mass is 457 g/mol. The van der Waals surface area contributed by atoms with Crippen LogP contribution in [0.5, 0.6) is 0 Å². The number of carbonyl (C=O) groups excluding carboxylic acids is 1. The zero-order valence-electron chi connectivity index (χ0n) is 27.9. The van der Waals surface area contributed by atoms with Gasteiger partial charge in [-0.05, 0) is 41.3 Å². The number of rotatable bonds is 5. The highest BCUT2D eigenvalue weighted by Crippen LogP contribution is 2.27. The first-order chi connectivity index (χ1) is 19.4. The van der Waals surface area contributed by atoms with E-state index in [1.807, 2.05) is 0 Å². The maximum atomic E-state index is 13.4.